The molecular formula is C24H37NO3. The van der Waals surface area contributed by atoms with Gasteiger partial charge in [0.2, 0.25) is 0 Å². The molecule has 4 fully saturated rings. The third kappa shape index (κ3) is 2.72. The first-order valence-electron chi connectivity index (χ1n) is 11.2. The molecule has 0 aromatic heterocycles. The molecule has 4 aliphatic carbocycles. The molecule has 0 spiro atoms. The molecule has 4 rings (SSSR count). The van der Waals surface area contributed by atoms with Crippen LogP contribution in [0.3, 0.4) is 0 Å². The second-order valence-electron chi connectivity index (χ2n) is 10.8. The molecule has 28 heavy (non-hydrogen) atoms. The van der Waals surface area contributed by atoms with Crippen LogP contribution in [0, 0.1) is 46.8 Å². The average molecular weight is 388 g/mol. The van der Waals surface area contributed by atoms with E-state index in [1.807, 2.05) is 0 Å². The van der Waals surface area contributed by atoms with E-state index >= 15 is 0 Å². The zero-order chi connectivity index (χ0) is 20.3. The van der Waals surface area contributed by atoms with Crippen LogP contribution >= 0.6 is 0 Å². The maximum absolute atomic E-state index is 12.0. The molecule has 4 saturated carbocycles. The molecule has 5 unspecified atom stereocenters. The van der Waals surface area contributed by atoms with Crippen LogP contribution in [0.15, 0.2) is 0 Å². The van der Waals surface area contributed by atoms with Gasteiger partial charge in [-0.1, -0.05) is 19.8 Å². The first-order chi connectivity index (χ1) is 13.1. The summed E-state index contributed by atoms with van der Waals surface area (Å²) in [5.74, 6) is 5.37. The highest BCUT2D eigenvalue weighted by molar-refractivity contribution is 5.66. The van der Waals surface area contributed by atoms with Gasteiger partial charge in [-0.15, -0.1) is 6.42 Å². The number of amides is 1. The van der Waals surface area contributed by atoms with Crippen molar-refractivity contribution in [2.45, 2.75) is 83.3 Å². The van der Waals surface area contributed by atoms with Gasteiger partial charge in [0.05, 0.1) is 0 Å². The lowest BCUT2D eigenvalue weighted by Crippen LogP contribution is -2.56. The van der Waals surface area contributed by atoms with Gasteiger partial charge < -0.3 is 14.7 Å². The summed E-state index contributed by atoms with van der Waals surface area (Å²) >= 11 is 0. The molecule has 1 amide bonds. The van der Waals surface area contributed by atoms with Gasteiger partial charge in [-0.2, -0.15) is 0 Å². The van der Waals surface area contributed by atoms with E-state index in [1.165, 1.54) is 24.2 Å². The summed E-state index contributed by atoms with van der Waals surface area (Å²) < 4.78 is 5.74. The quantitative estimate of drug-likeness (QED) is 0.676. The van der Waals surface area contributed by atoms with Crippen molar-refractivity contribution in [1.29, 1.82) is 0 Å². The number of ether oxygens (including phenoxy) is 1. The number of hydrogen-bond acceptors (Lipinski definition) is 3. The monoisotopic (exact) mass is 387 g/mol. The first kappa shape index (κ1) is 20.1. The Kier molecular flexibility index (Phi) is 4.77. The second kappa shape index (κ2) is 6.66. The minimum absolute atomic E-state index is 0.0661. The molecule has 0 radical (unpaired) electrons. The van der Waals surface area contributed by atoms with Crippen LogP contribution in [0.25, 0.3) is 0 Å². The van der Waals surface area contributed by atoms with Gasteiger partial charge in [-0.05, 0) is 86.9 Å². The summed E-state index contributed by atoms with van der Waals surface area (Å²) in [5.41, 5.74) is -0.703. The van der Waals surface area contributed by atoms with E-state index in [2.05, 4.69) is 19.8 Å². The Morgan fingerprint density at radius 2 is 1.79 bits per heavy atom. The smallest absolute Gasteiger partial charge is 0.409 e. The summed E-state index contributed by atoms with van der Waals surface area (Å²) in [6.45, 7) is 4.76. The molecule has 0 aliphatic heterocycles. The van der Waals surface area contributed by atoms with Gasteiger partial charge in [0.1, 0.15) is 11.7 Å². The fourth-order valence-electron chi connectivity index (χ4n) is 7.83. The van der Waals surface area contributed by atoms with E-state index in [1.54, 1.807) is 14.1 Å². The largest absolute Gasteiger partial charge is 0.446 e. The van der Waals surface area contributed by atoms with Gasteiger partial charge in [0.15, 0.2) is 0 Å². The van der Waals surface area contributed by atoms with Gasteiger partial charge in [0, 0.05) is 19.5 Å². The van der Waals surface area contributed by atoms with Crippen LogP contribution in [-0.2, 0) is 4.74 Å². The molecule has 156 valence electrons. The predicted molar refractivity (Wildman–Crippen MR) is 109 cm³/mol. The predicted octanol–water partition coefficient (Wildman–Crippen LogP) is 4.46. The molecule has 8 atom stereocenters. The molecule has 0 saturated heterocycles. The van der Waals surface area contributed by atoms with Crippen molar-refractivity contribution in [1.82, 2.24) is 4.90 Å². The van der Waals surface area contributed by atoms with Crippen molar-refractivity contribution in [3.63, 3.8) is 0 Å². The van der Waals surface area contributed by atoms with E-state index in [-0.39, 0.29) is 17.6 Å². The van der Waals surface area contributed by atoms with Crippen LogP contribution in [0.1, 0.15) is 71.6 Å². The highest BCUT2D eigenvalue weighted by atomic mass is 16.6. The highest BCUT2D eigenvalue weighted by Crippen LogP contribution is 2.68. The Labute approximate surface area is 170 Å². The van der Waals surface area contributed by atoms with Crippen LogP contribution < -0.4 is 0 Å². The third-order valence-electron chi connectivity index (χ3n) is 9.64. The standard InChI is InChI=1S/C24H37NO3/c1-6-24(27)14-11-20-18-8-7-16-15-17(28-21(26)25(4)5)9-12-22(16,2)19(18)10-13-23(20,24)3/h1,16-20,27H,7-15H2,2-5H3/t16?,17-,18?,19?,20?,22+,23?,24+/m1/s1. The van der Waals surface area contributed by atoms with Crippen molar-refractivity contribution >= 4 is 6.09 Å². The van der Waals surface area contributed by atoms with E-state index in [4.69, 9.17) is 11.2 Å². The molecule has 0 aromatic rings. The van der Waals surface area contributed by atoms with Gasteiger partial charge >= 0.3 is 6.09 Å². The SMILES string of the molecule is C#C[C@]1(O)CCC2C3CCC4C[C@H](OC(=O)N(C)C)CC[C@]4(C)C3CCC21C. The summed E-state index contributed by atoms with van der Waals surface area (Å²) in [5, 5.41) is 11.1. The Morgan fingerprint density at radius 3 is 2.46 bits per heavy atom. The molecule has 1 N–H and O–H groups in total. The summed E-state index contributed by atoms with van der Waals surface area (Å²) in [4.78, 5) is 13.5. The Balaban J connectivity index is 1.51. The van der Waals surface area contributed by atoms with Gasteiger partial charge in [0.25, 0.3) is 0 Å². The van der Waals surface area contributed by atoms with Crippen molar-refractivity contribution < 1.29 is 14.6 Å². The number of fused-ring (bicyclic) bond motifs is 5. The molecule has 0 heterocycles. The van der Waals surface area contributed by atoms with Crippen LogP contribution in [0.2, 0.25) is 0 Å². The number of carbonyl (C=O) groups is 1. The molecular weight excluding hydrogens is 350 g/mol. The maximum Gasteiger partial charge on any atom is 0.409 e. The topological polar surface area (TPSA) is 49.8 Å². The number of terminal acetylenes is 1. The highest BCUT2D eigenvalue weighted by Gasteiger charge is 2.64. The van der Waals surface area contributed by atoms with Gasteiger partial charge in [-0.3, -0.25) is 0 Å². The van der Waals surface area contributed by atoms with Crippen molar-refractivity contribution in [2.75, 3.05) is 14.1 Å². The normalized spacial score (nSPS) is 49.9. The summed E-state index contributed by atoms with van der Waals surface area (Å²) in [7, 11) is 3.50. The average Bonchev–Trinajstić information content (AvgIpc) is 2.93. The third-order valence-corrected chi connectivity index (χ3v) is 9.64. The minimum atomic E-state index is -0.918. The lowest BCUT2D eigenvalue weighted by atomic mass is 9.44. The van der Waals surface area contributed by atoms with Crippen LogP contribution in [0.4, 0.5) is 4.79 Å². The number of rotatable bonds is 1. The van der Waals surface area contributed by atoms with Gasteiger partial charge in [-0.25, -0.2) is 4.79 Å². The Bertz CT molecular complexity index is 684. The van der Waals surface area contributed by atoms with Crippen molar-refractivity contribution in [3.8, 4) is 12.3 Å². The molecule has 0 aromatic carbocycles. The summed E-state index contributed by atoms with van der Waals surface area (Å²) in [6.07, 6.45) is 15.3. The van der Waals surface area contributed by atoms with Crippen molar-refractivity contribution in [3.05, 3.63) is 0 Å². The fraction of sp³-hybridized carbons (Fsp3) is 0.875. The fourth-order valence-corrected chi connectivity index (χ4v) is 7.83. The minimum Gasteiger partial charge on any atom is -0.446 e. The number of aliphatic hydroxyl groups is 1. The lowest BCUT2D eigenvalue weighted by molar-refractivity contribution is -0.145. The Morgan fingerprint density at radius 1 is 1.07 bits per heavy atom. The Hall–Kier alpha value is -1.21. The second-order valence-corrected chi connectivity index (χ2v) is 10.8. The van der Waals surface area contributed by atoms with E-state index in [0.29, 0.717) is 23.2 Å². The zero-order valence-corrected chi connectivity index (χ0v) is 18.0. The molecule has 4 heteroatoms. The zero-order valence-electron chi connectivity index (χ0n) is 18.0. The van der Waals surface area contributed by atoms with Crippen molar-refractivity contribution in [2.24, 2.45) is 34.5 Å². The van der Waals surface area contributed by atoms with Crippen LogP contribution in [-0.4, -0.2) is 41.9 Å². The lowest BCUT2D eigenvalue weighted by Gasteiger charge is -2.61. The van der Waals surface area contributed by atoms with Crippen LogP contribution in [0.5, 0.6) is 0 Å². The van der Waals surface area contributed by atoms with E-state index in [0.717, 1.165) is 44.4 Å². The number of hydrogen-bond donors (Lipinski definition) is 1. The molecule has 4 nitrogen and oxygen atoms in total. The first-order valence-corrected chi connectivity index (χ1v) is 11.2. The number of nitrogens with zero attached hydrogens (tertiary/aromatic N) is 1. The number of carbonyl (C=O) groups excluding carboxylic acids is 1. The van der Waals surface area contributed by atoms with E-state index < -0.39 is 5.60 Å². The molecule has 4 aliphatic rings. The summed E-state index contributed by atoms with van der Waals surface area (Å²) in [6, 6.07) is 0. The van der Waals surface area contributed by atoms with E-state index in [9.17, 15) is 9.90 Å². The molecule has 0 bridgehead atoms. The maximum atomic E-state index is 12.0.